The molecule has 1 aromatic rings. The highest BCUT2D eigenvalue weighted by Gasteiger charge is 2.75. The van der Waals surface area contributed by atoms with Crippen molar-refractivity contribution in [3.05, 3.63) is 47.5 Å². The quantitative estimate of drug-likeness (QED) is 0.191. The molecular formula is C29H37F7O. The maximum Gasteiger partial charge on any atom is 0.459 e. The fourth-order valence-corrected chi connectivity index (χ4v) is 7.76. The molecule has 0 aliphatic heterocycles. The summed E-state index contributed by atoms with van der Waals surface area (Å²) in [5.41, 5.74) is 4.39. The summed E-state index contributed by atoms with van der Waals surface area (Å²) in [6.07, 6.45) is 1.72. The van der Waals surface area contributed by atoms with E-state index in [0.717, 1.165) is 24.8 Å². The van der Waals surface area contributed by atoms with Crippen molar-refractivity contribution in [2.45, 2.75) is 114 Å². The molecule has 8 heteroatoms. The molecule has 2 saturated carbocycles. The molecular weight excluding hydrogens is 497 g/mol. The molecule has 0 radical (unpaired) electrons. The van der Waals surface area contributed by atoms with Crippen molar-refractivity contribution >= 4 is 0 Å². The predicted molar refractivity (Wildman–Crippen MR) is 129 cm³/mol. The van der Waals surface area contributed by atoms with E-state index in [1.54, 1.807) is 0 Å². The first-order chi connectivity index (χ1) is 17.2. The molecule has 4 rings (SSSR count). The monoisotopic (exact) mass is 534 g/mol. The first-order valence-electron chi connectivity index (χ1n) is 13.5. The molecule has 1 N–H and O–H groups in total. The topological polar surface area (TPSA) is 20.2 Å². The predicted octanol–water partition coefficient (Wildman–Crippen LogP) is 8.79. The zero-order valence-corrected chi connectivity index (χ0v) is 21.3. The summed E-state index contributed by atoms with van der Waals surface area (Å²) >= 11 is 0. The lowest BCUT2D eigenvalue weighted by molar-refractivity contribution is -0.371. The van der Waals surface area contributed by atoms with Crippen molar-refractivity contribution in [3.63, 3.8) is 0 Å². The zero-order chi connectivity index (χ0) is 27.3. The molecule has 2 fully saturated rings. The molecule has 208 valence electrons. The minimum atomic E-state index is -6.43. The van der Waals surface area contributed by atoms with E-state index in [4.69, 9.17) is 0 Å². The van der Waals surface area contributed by atoms with Crippen molar-refractivity contribution in [1.29, 1.82) is 0 Å². The lowest BCUT2D eigenvalue weighted by atomic mass is 9.47. The van der Waals surface area contributed by atoms with E-state index < -0.39 is 30.5 Å². The van der Waals surface area contributed by atoms with Crippen LogP contribution in [-0.4, -0.2) is 29.2 Å². The summed E-state index contributed by atoms with van der Waals surface area (Å²) in [5, 5.41) is 9.40. The number of aliphatic hydroxyl groups excluding tert-OH is 1. The number of fused-ring (bicyclic) bond motifs is 5. The van der Waals surface area contributed by atoms with Crippen LogP contribution < -0.4 is 0 Å². The van der Waals surface area contributed by atoms with Crippen LogP contribution >= 0.6 is 0 Å². The van der Waals surface area contributed by atoms with Gasteiger partial charge < -0.3 is 5.11 Å². The van der Waals surface area contributed by atoms with Crippen LogP contribution in [0.1, 0.15) is 93.7 Å². The third kappa shape index (κ3) is 4.74. The number of unbranched alkanes of at least 4 members (excludes halogenated alkanes) is 2. The molecule has 3 aliphatic rings. The number of hydrogen-bond acceptors (Lipinski definition) is 1. The first-order valence-corrected chi connectivity index (χ1v) is 13.5. The largest absolute Gasteiger partial charge is 0.459 e. The lowest BCUT2D eigenvalue weighted by Gasteiger charge is -2.56. The van der Waals surface area contributed by atoms with Gasteiger partial charge in [-0.3, -0.25) is 0 Å². The van der Waals surface area contributed by atoms with E-state index in [1.807, 2.05) is 0 Å². The van der Waals surface area contributed by atoms with Crippen LogP contribution in [-0.2, 0) is 12.8 Å². The average molecular weight is 535 g/mol. The number of halogens is 7. The number of alkyl halides is 7. The lowest BCUT2D eigenvalue weighted by Crippen LogP contribution is -2.57. The zero-order valence-electron chi connectivity index (χ0n) is 21.3. The van der Waals surface area contributed by atoms with Crippen LogP contribution in [0.4, 0.5) is 30.7 Å². The fraction of sp³-hybridized carbons (Fsp3) is 0.724. The summed E-state index contributed by atoms with van der Waals surface area (Å²) in [7, 11) is 0. The summed E-state index contributed by atoms with van der Waals surface area (Å²) in [5.74, 6) is -10.7. The van der Waals surface area contributed by atoms with Crippen molar-refractivity contribution < 1.29 is 35.8 Å². The molecule has 5 atom stereocenters. The number of aryl methyl sites for hydroxylation is 2. The smallest absolute Gasteiger partial charge is 0.387 e. The van der Waals surface area contributed by atoms with Crippen LogP contribution in [0.3, 0.4) is 0 Å². The normalized spacial score (nSPS) is 30.8. The Kier molecular flexibility index (Phi) is 7.59. The highest BCUT2D eigenvalue weighted by Crippen LogP contribution is 2.67. The van der Waals surface area contributed by atoms with Gasteiger partial charge in [0.1, 0.15) is 6.10 Å². The summed E-state index contributed by atoms with van der Waals surface area (Å²) in [6.45, 7) is 6.74. The Bertz CT molecular complexity index is 987. The van der Waals surface area contributed by atoms with Gasteiger partial charge in [0.15, 0.2) is 0 Å². The van der Waals surface area contributed by atoms with Gasteiger partial charge in [0, 0.05) is 0 Å². The van der Waals surface area contributed by atoms with Gasteiger partial charge in [-0.15, -0.1) is 6.58 Å². The summed E-state index contributed by atoms with van der Waals surface area (Å²) in [6, 6.07) is 6.51. The second kappa shape index (κ2) is 9.87. The number of aliphatic hydroxyl groups is 1. The van der Waals surface area contributed by atoms with Crippen LogP contribution in [0.5, 0.6) is 0 Å². The van der Waals surface area contributed by atoms with Gasteiger partial charge in [0.2, 0.25) is 0 Å². The van der Waals surface area contributed by atoms with Crippen LogP contribution in [0.2, 0.25) is 0 Å². The Morgan fingerprint density at radius 3 is 2.43 bits per heavy atom. The summed E-state index contributed by atoms with van der Waals surface area (Å²) in [4.78, 5) is 0. The second-order valence-electron chi connectivity index (χ2n) is 11.9. The molecule has 0 spiro atoms. The van der Waals surface area contributed by atoms with Crippen molar-refractivity contribution in [2.24, 2.45) is 16.7 Å². The Morgan fingerprint density at radius 1 is 1.03 bits per heavy atom. The van der Waals surface area contributed by atoms with Gasteiger partial charge in [0.05, 0.1) is 0 Å². The van der Waals surface area contributed by atoms with Crippen molar-refractivity contribution in [2.75, 3.05) is 0 Å². The maximum absolute atomic E-state index is 13.6. The number of rotatable bonds is 9. The number of hydrogen-bond donors (Lipinski definition) is 1. The third-order valence-electron chi connectivity index (χ3n) is 9.81. The minimum Gasteiger partial charge on any atom is -0.387 e. The van der Waals surface area contributed by atoms with Crippen molar-refractivity contribution in [3.8, 4) is 0 Å². The SMILES string of the molecule is C=C[C@@]12CCc3cc(CCCCCC(O)C(F)(F)C(F)(F)C(F)(F)F)ccc3[C@H]1CC[C@]1(C)CCC[C@H]12. The van der Waals surface area contributed by atoms with E-state index in [9.17, 15) is 35.8 Å². The fourth-order valence-electron chi connectivity index (χ4n) is 7.76. The van der Waals surface area contributed by atoms with Gasteiger partial charge in [-0.05, 0) is 97.1 Å². The van der Waals surface area contributed by atoms with Gasteiger partial charge in [-0.1, -0.05) is 50.5 Å². The molecule has 37 heavy (non-hydrogen) atoms. The Balaban J connectivity index is 1.33. The molecule has 0 heterocycles. The van der Waals surface area contributed by atoms with E-state index in [-0.39, 0.29) is 11.8 Å². The first kappa shape index (κ1) is 28.4. The van der Waals surface area contributed by atoms with E-state index in [2.05, 4.69) is 37.8 Å². The van der Waals surface area contributed by atoms with E-state index in [0.29, 0.717) is 36.5 Å². The highest BCUT2D eigenvalue weighted by atomic mass is 19.4. The standard InChI is InChI=1S/C29H37F7O/c1-3-26-17-13-20-18-19(11-12-21(20)22(26)14-16-25(2)15-7-9-23(25)26)8-5-4-6-10-24(37)27(30,31)28(32,33)29(34,35)36/h3,11-12,18,22-24,37H,1,4-10,13-17H2,2H3/t22-,23-,24?,25+,26-/m1/s1. The van der Waals surface area contributed by atoms with Gasteiger partial charge >= 0.3 is 18.0 Å². The summed E-state index contributed by atoms with van der Waals surface area (Å²) < 4.78 is 90.2. The Labute approximate surface area is 214 Å². The molecule has 0 bridgehead atoms. The van der Waals surface area contributed by atoms with E-state index in [1.165, 1.54) is 36.8 Å². The van der Waals surface area contributed by atoms with Gasteiger partial charge in [0.25, 0.3) is 0 Å². The maximum atomic E-state index is 13.6. The van der Waals surface area contributed by atoms with Crippen LogP contribution in [0, 0.1) is 16.7 Å². The van der Waals surface area contributed by atoms with Crippen LogP contribution in [0.25, 0.3) is 0 Å². The molecule has 3 aliphatic carbocycles. The second-order valence-corrected chi connectivity index (χ2v) is 11.9. The molecule has 0 aromatic heterocycles. The number of allylic oxidation sites excluding steroid dienone is 1. The minimum absolute atomic E-state index is 0.0697. The van der Waals surface area contributed by atoms with Crippen molar-refractivity contribution in [1.82, 2.24) is 0 Å². The third-order valence-corrected chi connectivity index (χ3v) is 9.81. The van der Waals surface area contributed by atoms with Gasteiger partial charge in [-0.2, -0.15) is 30.7 Å². The van der Waals surface area contributed by atoms with Crippen LogP contribution in [0.15, 0.2) is 30.9 Å². The molecule has 1 unspecified atom stereocenters. The van der Waals surface area contributed by atoms with E-state index >= 15 is 0 Å². The molecule has 0 saturated heterocycles. The highest BCUT2D eigenvalue weighted by molar-refractivity contribution is 5.41. The molecule has 0 amide bonds. The van der Waals surface area contributed by atoms with Gasteiger partial charge in [-0.25, -0.2) is 0 Å². The molecule has 1 aromatic carbocycles. The molecule has 1 nitrogen and oxygen atoms in total. The number of benzene rings is 1. The average Bonchev–Trinajstić information content (AvgIpc) is 3.24. The Hall–Kier alpha value is -1.57. The Morgan fingerprint density at radius 2 is 1.76 bits per heavy atom.